The highest BCUT2D eigenvalue weighted by atomic mass is 35.5. The molecule has 9 heteroatoms. The molecule has 1 heterocycles. The van der Waals surface area contributed by atoms with Crippen LogP contribution in [0.15, 0.2) is 48.5 Å². The molecule has 0 radical (unpaired) electrons. The van der Waals surface area contributed by atoms with Gasteiger partial charge in [0.1, 0.15) is 11.9 Å². The van der Waals surface area contributed by atoms with Crippen LogP contribution in [0.25, 0.3) is 0 Å². The number of urea groups is 1. The van der Waals surface area contributed by atoms with Crippen molar-refractivity contribution in [2.75, 3.05) is 18.4 Å². The second-order valence-corrected chi connectivity index (χ2v) is 8.17. The van der Waals surface area contributed by atoms with E-state index < -0.39 is 6.04 Å². The molecular weight excluding hydrogens is 435 g/mol. The predicted molar refractivity (Wildman–Crippen MR) is 121 cm³/mol. The Bertz CT molecular complexity index is 962. The van der Waals surface area contributed by atoms with Gasteiger partial charge in [0.25, 0.3) is 0 Å². The minimum absolute atomic E-state index is 0.115. The van der Waals surface area contributed by atoms with Crippen molar-refractivity contribution >= 4 is 35.1 Å². The van der Waals surface area contributed by atoms with Crippen LogP contribution in [0.4, 0.5) is 14.9 Å². The SMILES string of the molecule is CC(=O)N[C@@H](Cc1ccc(F)cc1)C(=O)NC1CCN(C(=O)Nc2ccccc2Cl)CC1. The first kappa shape index (κ1) is 23.5. The molecule has 3 rings (SSSR count). The molecule has 2 aromatic carbocycles. The number of hydrogen-bond acceptors (Lipinski definition) is 3. The van der Waals surface area contributed by atoms with Crippen LogP contribution in [-0.4, -0.2) is 47.9 Å². The summed E-state index contributed by atoms with van der Waals surface area (Å²) in [4.78, 5) is 38.6. The molecule has 3 N–H and O–H groups in total. The highest BCUT2D eigenvalue weighted by molar-refractivity contribution is 6.33. The zero-order chi connectivity index (χ0) is 23.1. The van der Waals surface area contributed by atoms with E-state index in [1.807, 2.05) is 0 Å². The first-order valence-corrected chi connectivity index (χ1v) is 10.8. The number of anilines is 1. The number of nitrogens with zero attached hydrogens (tertiary/aromatic N) is 1. The van der Waals surface area contributed by atoms with Gasteiger partial charge >= 0.3 is 6.03 Å². The van der Waals surface area contributed by atoms with Crippen molar-refractivity contribution in [3.63, 3.8) is 0 Å². The summed E-state index contributed by atoms with van der Waals surface area (Å²) in [5, 5.41) is 8.89. The first-order chi connectivity index (χ1) is 15.3. The molecule has 7 nitrogen and oxygen atoms in total. The Morgan fingerprint density at radius 2 is 1.75 bits per heavy atom. The highest BCUT2D eigenvalue weighted by Crippen LogP contribution is 2.21. The molecule has 4 amide bonds. The van der Waals surface area contributed by atoms with Crippen LogP contribution in [-0.2, 0) is 16.0 Å². The number of halogens is 2. The van der Waals surface area contributed by atoms with Crippen molar-refractivity contribution in [2.45, 2.75) is 38.3 Å². The summed E-state index contributed by atoms with van der Waals surface area (Å²) in [7, 11) is 0. The molecule has 170 valence electrons. The molecule has 1 saturated heterocycles. The number of likely N-dealkylation sites (tertiary alicyclic amines) is 1. The zero-order valence-electron chi connectivity index (χ0n) is 17.7. The highest BCUT2D eigenvalue weighted by Gasteiger charge is 2.27. The van der Waals surface area contributed by atoms with Gasteiger partial charge in [0, 0.05) is 32.5 Å². The van der Waals surface area contributed by atoms with E-state index in [9.17, 15) is 18.8 Å². The Labute approximate surface area is 191 Å². The number of para-hydroxylation sites is 1. The molecule has 0 unspecified atom stereocenters. The molecule has 0 saturated carbocycles. The minimum Gasteiger partial charge on any atom is -0.351 e. The van der Waals surface area contributed by atoms with E-state index in [1.54, 1.807) is 41.3 Å². The van der Waals surface area contributed by atoms with Crippen LogP contribution in [0.1, 0.15) is 25.3 Å². The summed E-state index contributed by atoms with van der Waals surface area (Å²) in [6, 6.07) is 11.7. The van der Waals surface area contributed by atoms with Crippen LogP contribution >= 0.6 is 11.6 Å². The number of nitrogens with one attached hydrogen (secondary N) is 3. The second kappa shape index (κ2) is 10.9. The molecule has 1 aliphatic rings. The summed E-state index contributed by atoms with van der Waals surface area (Å²) < 4.78 is 13.1. The monoisotopic (exact) mass is 460 g/mol. The Morgan fingerprint density at radius 1 is 1.09 bits per heavy atom. The number of carbonyl (C=O) groups excluding carboxylic acids is 3. The summed E-state index contributed by atoms with van der Waals surface area (Å²) in [6.45, 7) is 2.30. The summed E-state index contributed by atoms with van der Waals surface area (Å²) >= 11 is 6.09. The maximum absolute atomic E-state index is 13.1. The molecule has 0 aliphatic carbocycles. The fourth-order valence-corrected chi connectivity index (χ4v) is 3.78. The lowest BCUT2D eigenvalue weighted by Crippen LogP contribution is -2.53. The van der Waals surface area contributed by atoms with Gasteiger partial charge in [0.15, 0.2) is 0 Å². The van der Waals surface area contributed by atoms with E-state index in [-0.39, 0.29) is 36.1 Å². The quantitative estimate of drug-likeness (QED) is 0.617. The third kappa shape index (κ3) is 6.68. The Morgan fingerprint density at radius 3 is 2.38 bits per heavy atom. The molecule has 32 heavy (non-hydrogen) atoms. The van der Waals surface area contributed by atoms with Gasteiger partial charge < -0.3 is 20.9 Å². The van der Waals surface area contributed by atoms with E-state index in [0.717, 1.165) is 5.56 Å². The molecule has 1 aliphatic heterocycles. The van der Waals surface area contributed by atoms with Crippen molar-refractivity contribution in [1.82, 2.24) is 15.5 Å². The number of rotatable bonds is 6. The minimum atomic E-state index is -0.764. The van der Waals surface area contributed by atoms with Gasteiger partial charge in [-0.2, -0.15) is 0 Å². The number of benzene rings is 2. The van der Waals surface area contributed by atoms with Crippen LogP contribution < -0.4 is 16.0 Å². The molecule has 0 bridgehead atoms. The van der Waals surface area contributed by atoms with Crippen molar-refractivity contribution in [3.8, 4) is 0 Å². The number of amides is 4. The molecule has 0 aromatic heterocycles. The average Bonchev–Trinajstić information content (AvgIpc) is 2.76. The average molecular weight is 461 g/mol. The smallest absolute Gasteiger partial charge is 0.321 e. The van der Waals surface area contributed by atoms with E-state index in [1.165, 1.54) is 19.1 Å². The lowest BCUT2D eigenvalue weighted by Gasteiger charge is -2.33. The van der Waals surface area contributed by atoms with Gasteiger partial charge in [-0.25, -0.2) is 9.18 Å². The van der Waals surface area contributed by atoms with E-state index in [0.29, 0.717) is 36.6 Å². The second-order valence-electron chi connectivity index (χ2n) is 7.76. The predicted octanol–water partition coefficient (Wildman–Crippen LogP) is 3.34. The van der Waals surface area contributed by atoms with E-state index in [4.69, 9.17) is 11.6 Å². The fourth-order valence-electron chi connectivity index (χ4n) is 3.60. The van der Waals surface area contributed by atoms with Crippen molar-refractivity contribution in [3.05, 3.63) is 64.9 Å². The standard InChI is InChI=1S/C23H26ClFN4O3/c1-15(30)26-21(14-16-6-8-17(25)9-7-16)22(31)27-18-10-12-29(13-11-18)23(32)28-20-5-3-2-4-19(20)24/h2-9,18,21H,10-14H2,1H3,(H,26,30)(H,27,31)(H,28,32)/t21-/m0/s1. The largest absolute Gasteiger partial charge is 0.351 e. The van der Waals surface area contributed by atoms with Gasteiger partial charge in [-0.15, -0.1) is 0 Å². The molecule has 2 aromatic rings. The maximum atomic E-state index is 13.1. The zero-order valence-corrected chi connectivity index (χ0v) is 18.5. The Balaban J connectivity index is 1.52. The number of hydrogen-bond donors (Lipinski definition) is 3. The first-order valence-electron chi connectivity index (χ1n) is 10.4. The van der Waals surface area contributed by atoms with Crippen LogP contribution in [0.3, 0.4) is 0 Å². The van der Waals surface area contributed by atoms with Gasteiger partial charge in [-0.05, 0) is 42.7 Å². The van der Waals surface area contributed by atoms with Gasteiger partial charge in [0.05, 0.1) is 10.7 Å². The van der Waals surface area contributed by atoms with E-state index >= 15 is 0 Å². The van der Waals surface area contributed by atoms with Crippen molar-refractivity contribution in [2.24, 2.45) is 0 Å². The third-order valence-electron chi connectivity index (χ3n) is 5.29. The van der Waals surface area contributed by atoms with Crippen LogP contribution in [0.5, 0.6) is 0 Å². The number of carbonyl (C=O) groups is 3. The van der Waals surface area contributed by atoms with E-state index in [2.05, 4.69) is 16.0 Å². The topological polar surface area (TPSA) is 90.5 Å². The van der Waals surface area contributed by atoms with Gasteiger partial charge in [-0.1, -0.05) is 35.9 Å². The summed E-state index contributed by atoms with van der Waals surface area (Å²) in [5.74, 6) is -0.985. The lowest BCUT2D eigenvalue weighted by molar-refractivity contribution is -0.128. The number of piperidine rings is 1. The molecule has 0 spiro atoms. The molecule has 1 fully saturated rings. The molecule has 1 atom stereocenters. The van der Waals surface area contributed by atoms with Gasteiger partial charge in [-0.3, -0.25) is 9.59 Å². The summed E-state index contributed by atoms with van der Waals surface area (Å²) in [6.07, 6.45) is 1.43. The van der Waals surface area contributed by atoms with Crippen LogP contribution in [0, 0.1) is 5.82 Å². The van der Waals surface area contributed by atoms with Crippen molar-refractivity contribution < 1.29 is 18.8 Å². The Hall–Kier alpha value is -3.13. The van der Waals surface area contributed by atoms with Crippen LogP contribution in [0.2, 0.25) is 5.02 Å². The normalized spacial score (nSPS) is 15.0. The summed E-state index contributed by atoms with van der Waals surface area (Å²) in [5.41, 5.74) is 1.29. The maximum Gasteiger partial charge on any atom is 0.321 e. The van der Waals surface area contributed by atoms with Gasteiger partial charge in [0.2, 0.25) is 11.8 Å². The third-order valence-corrected chi connectivity index (χ3v) is 5.62. The van der Waals surface area contributed by atoms with Crippen molar-refractivity contribution in [1.29, 1.82) is 0 Å². The fraction of sp³-hybridized carbons (Fsp3) is 0.348. The lowest BCUT2D eigenvalue weighted by atomic mass is 10.0. The molecular formula is C23H26ClFN4O3. The Kier molecular flexibility index (Phi) is 8.05.